The van der Waals surface area contributed by atoms with Crippen molar-refractivity contribution >= 4 is 29.1 Å². The van der Waals surface area contributed by atoms with Crippen molar-refractivity contribution in [2.24, 2.45) is 33.7 Å². The lowest BCUT2D eigenvalue weighted by molar-refractivity contribution is -0.268. The number of allylic oxidation sites excluding steroid dienone is 2. The van der Waals surface area contributed by atoms with Gasteiger partial charge in [0.25, 0.3) is 5.91 Å². The summed E-state index contributed by atoms with van der Waals surface area (Å²) in [7, 11) is 1.18. The molecule has 0 radical (unpaired) electrons. The Labute approximate surface area is 263 Å². The number of benzene rings is 1. The number of nitrogens with zero attached hydrogens (tertiary/aromatic N) is 2. The van der Waals surface area contributed by atoms with Gasteiger partial charge in [-0.3, -0.25) is 20.0 Å². The molecule has 1 aromatic rings. The topological polar surface area (TPSA) is 181 Å². The molecule has 0 saturated heterocycles. The molecule has 0 spiro atoms. The van der Waals surface area contributed by atoms with Crippen molar-refractivity contribution in [3.63, 3.8) is 0 Å². The van der Waals surface area contributed by atoms with Crippen LogP contribution in [0.15, 0.2) is 35.0 Å². The Kier molecular flexibility index (Phi) is 9.05. The number of rotatable bonds is 9. The SMILES string of the molecule is COC(=O)C(Cc1ccc([O-])c(N(O)O)c1)NC(=O)CO/N=C1\C=C2CCC3C(CC[C@@]4(C)C3CC[C@]4(O)C(C)=O)[C@@]2(C)CC1. The van der Waals surface area contributed by atoms with Crippen LogP contribution in [0.5, 0.6) is 5.75 Å². The number of ketones is 1. The summed E-state index contributed by atoms with van der Waals surface area (Å²) < 4.78 is 4.81. The lowest BCUT2D eigenvalue weighted by Gasteiger charge is -2.59. The molecule has 0 bridgehead atoms. The van der Waals surface area contributed by atoms with Gasteiger partial charge in [0.05, 0.1) is 18.5 Å². The first-order valence-corrected chi connectivity index (χ1v) is 15.7. The molecule has 0 aromatic heterocycles. The first kappa shape index (κ1) is 32.9. The zero-order chi connectivity index (χ0) is 32.7. The third kappa shape index (κ3) is 5.83. The quantitative estimate of drug-likeness (QED) is 0.235. The molecule has 3 fully saturated rings. The van der Waals surface area contributed by atoms with Crippen LogP contribution in [0.1, 0.15) is 77.7 Å². The molecule has 246 valence electrons. The van der Waals surface area contributed by atoms with E-state index in [-0.39, 0.29) is 28.3 Å². The lowest BCUT2D eigenvalue weighted by Crippen LogP contribution is -2.57. The number of hydrogen-bond acceptors (Lipinski definition) is 11. The molecule has 4 N–H and O–H groups in total. The number of fused-ring (bicyclic) bond motifs is 5. The Morgan fingerprint density at radius 1 is 1.11 bits per heavy atom. The zero-order valence-electron chi connectivity index (χ0n) is 26.4. The second-order valence-corrected chi connectivity index (χ2v) is 13.7. The molecule has 4 aliphatic rings. The number of ether oxygens (including phenoxy) is 1. The standard InChI is InChI=1S/C33H45N3O9/c1-19(37)33(41)14-11-25-23-7-6-21-17-22(9-12-31(21,2)24(23)10-13-32(25,33)3)35-45-18-29(39)34-26(30(40)44-4)15-20-5-8-28(38)27(16-20)36(42)43/h5,8,16-17,23-26,38,41-43H,6-7,9-15,18H2,1-4H3,(H,34,39)/p-1/b35-22-/t23?,24?,25?,26?,31-,32-,33-/m0/s1. The minimum Gasteiger partial charge on any atom is -0.871 e. The van der Waals surface area contributed by atoms with E-state index in [1.165, 1.54) is 31.7 Å². The highest BCUT2D eigenvalue weighted by atomic mass is 16.8. The van der Waals surface area contributed by atoms with E-state index in [4.69, 9.17) is 9.57 Å². The van der Waals surface area contributed by atoms with E-state index in [9.17, 15) is 35.0 Å². The van der Waals surface area contributed by atoms with Crippen LogP contribution in [-0.4, -0.2) is 64.3 Å². The lowest BCUT2D eigenvalue weighted by atomic mass is 9.46. The maximum Gasteiger partial charge on any atom is 0.328 e. The molecule has 4 unspecified atom stereocenters. The molecule has 1 aromatic carbocycles. The number of aliphatic hydroxyl groups is 1. The molecule has 0 heterocycles. The van der Waals surface area contributed by atoms with Crippen molar-refractivity contribution in [3.8, 4) is 5.75 Å². The summed E-state index contributed by atoms with van der Waals surface area (Å²) >= 11 is 0. The number of Topliss-reactive ketones (excluding diaryl/α,β-unsaturated/α-hetero) is 1. The fraction of sp³-hybridized carbons (Fsp3) is 0.636. The first-order valence-electron chi connectivity index (χ1n) is 15.7. The van der Waals surface area contributed by atoms with E-state index in [0.717, 1.165) is 50.3 Å². The Morgan fingerprint density at radius 2 is 1.84 bits per heavy atom. The maximum atomic E-state index is 12.7. The Morgan fingerprint density at radius 3 is 2.53 bits per heavy atom. The Bertz CT molecular complexity index is 1410. The van der Waals surface area contributed by atoms with Crippen LogP contribution in [-0.2, 0) is 30.4 Å². The van der Waals surface area contributed by atoms with Crippen LogP contribution >= 0.6 is 0 Å². The maximum absolute atomic E-state index is 12.7. The molecule has 1 amide bonds. The third-order valence-corrected chi connectivity index (χ3v) is 11.6. The molecule has 3 saturated carbocycles. The van der Waals surface area contributed by atoms with Gasteiger partial charge in [0.15, 0.2) is 12.4 Å². The fourth-order valence-electron chi connectivity index (χ4n) is 9.06. The minimum atomic E-state index is -1.22. The number of nitrogens with one attached hydrogen (secondary N) is 1. The van der Waals surface area contributed by atoms with Gasteiger partial charge in [-0.05, 0) is 99.2 Å². The van der Waals surface area contributed by atoms with Crippen molar-refractivity contribution in [1.82, 2.24) is 5.32 Å². The summed E-state index contributed by atoms with van der Waals surface area (Å²) in [6.45, 7) is 5.58. The van der Waals surface area contributed by atoms with Crippen LogP contribution in [0.4, 0.5) is 5.69 Å². The molecule has 12 nitrogen and oxygen atoms in total. The normalized spacial score (nSPS) is 33.6. The van der Waals surface area contributed by atoms with Gasteiger partial charge in [0, 0.05) is 11.8 Å². The molecule has 5 rings (SSSR count). The highest BCUT2D eigenvalue weighted by Crippen LogP contribution is 2.67. The summed E-state index contributed by atoms with van der Waals surface area (Å²) in [5.41, 5.74) is 0.515. The third-order valence-electron chi connectivity index (χ3n) is 11.6. The number of methoxy groups -OCH3 is 1. The minimum absolute atomic E-state index is 0.0124. The Hall–Kier alpha value is -3.48. The number of carbonyl (C=O) groups excluding carboxylic acids is 3. The molecule has 0 aliphatic heterocycles. The first-order chi connectivity index (χ1) is 21.2. The van der Waals surface area contributed by atoms with E-state index in [1.54, 1.807) is 0 Å². The van der Waals surface area contributed by atoms with E-state index >= 15 is 0 Å². The van der Waals surface area contributed by atoms with Crippen LogP contribution in [0.2, 0.25) is 0 Å². The molecule has 7 atom stereocenters. The second-order valence-electron chi connectivity index (χ2n) is 13.7. The van der Waals surface area contributed by atoms with E-state index in [2.05, 4.69) is 30.4 Å². The highest BCUT2D eigenvalue weighted by Gasteiger charge is 2.65. The van der Waals surface area contributed by atoms with Gasteiger partial charge in [-0.2, -0.15) is 0 Å². The average Bonchev–Trinajstić information content (AvgIpc) is 3.28. The number of esters is 1. The van der Waals surface area contributed by atoms with Crippen LogP contribution in [0.3, 0.4) is 0 Å². The van der Waals surface area contributed by atoms with Gasteiger partial charge < -0.3 is 25.1 Å². The van der Waals surface area contributed by atoms with Gasteiger partial charge in [0.1, 0.15) is 11.6 Å². The molecular formula is C33H44N3O9-. The summed E-state index contributed by atoms with van der Waals surface area (Å²) in [5, 5.41) is 48.2. The average molecular weight is 627 g/mol. The van der Waals surface area contributed by atoms with Gasteiger partial charge in [0.2, 0.25) is 0 Å². The predicted molar refractivity (Wildman–Crippen MR) is 160 cm³/mol. The fourth-order valence-corrected chi connectivity index (χ4v) is 9.06. The highest BCUT2D eigenvalue weighted by molar-refractivity contribution is 5.96. The number of oxime groups is 1. The largest absolute Gasteiger partial charge is 0.871 e. The van der Waals surface area contributed by atoms with Crippen molar-refractivity contribution in [2.75, 3.05) is 18.9 Å². The van der Waals surface area contributed by atoms with Crippen molar-refractivity contribution in [2.45, 2.75) is 90.2 Å². The number of anilines is 1. The molecule has 4 aliphatic carbocycles. The molecule has 12 heteroatoms. The van der Waals surface area contributed by atoms with Crippen LogP contribution < -0.4 is 15.6 Å². The van der Waals surface area contributed by atoms with Crippen LogP contribution in [0.25, 0.3) is 0 Å². The number of amides is 1. The Balaban J connectivity index is 1.20. The number of hydrogen-bond donors (Lipinski definition) is 4. The van der Waals surface area contributed by atoms with Crippen molar-refractivity contribution < 1.29 is 44.6 Å². The van der Waals surface area contributed by atoms with Crippen molar-refractivity contribution in [1.29, 1.82) is 0 Å². The second kappa shape index (κ2) is 12.4. The zero-order valence-corrected chi connectivity index (χ0v) is 26.4. The summed E-state index contributed by atoms with van der Waals surface area (Å²) in [4.78, 5) is 42.9. The summed E-state index contributed by atoms with van der Waals surface area (Å²) in [6.07, 6.45) is 8.84. The van der Waals surface area contributed by atoms with Gasteiger partial charge in [-0.25, -0.2) is 4.79 Å². The van der Waals surface area contributed by atoms with E-state index < -0.39 is 41.6 Å². The monoisotopic (exact) mass is 626 g/mol. The smallest absolute Gasteiger partial charge is 0.328 e. The van der Waals surface area contributed by atoms with Gasteiger partial charge in [-0.1, -0.05) is 42.5 Å². The molecular weight excluding hydrogens is 582 g/mol. The molecule has 45 heavy (non-hydrogen) atoms. The van der Waals surface area contributed by atoms with Crippen molar-refractivity contribution in [3.05, 3.63) is 35.4 Å². The van der Waals surface area contributed by atoms with Gasteiger partial charge in [-0.15, -0.1) is 5.23 Å². The predicted octanol–water partition coefficient (Wildman–Crippen LogP) is 3.20. The summed E-state index contributed by atoms with van der Waals surface area (Å²) in [5.74, 6) is -0.760. The van der Waals surface area contributed by atoms with Crippen LogP contribution in [0, 0.1) is 28.6 Å². The van der Waals surface area contributed by atoms with Gasteiger partial charge >= 0.3 is 5.97 Å². The van der Waals surface area contributed by atoms with E-state index in [0.29, 0.717) is 36.2 Å². The summed E-state index contributed by atoms with van der Waals surface area (Å²) in [6, 6.07) is 2.65. The van der Waals surface area contributed by atoms with E-state index in [1.807, 2.05) is 0 Å². The number of carbonyl (C=O) groups is 3.